The van der Waals surface area contributed by atoms with E-state index in [1.165, 1.54) is 4.90 Å². The van der Waals surface area contributed by atoms with Crippen LogP contribution in [0.5, 0.6) is 0 Å². The minimum absolute atomic E-state index is 0.626. The van der Waals surface area contributed by atoms with Crippen LogP contribution >= 0.6 is 0 Å². The standard InChI is InChI=1S/C14H12N2O4.C3H7NO/c1-14(7-5-3-2-4-6-7)8-10(17)15-12(19)9(14)13(20)16-11(8)18;1-4(2)3-5/h2-6,8-9H,1H3,(H,15,17,19)(H,16,18,20);3H,1-2H3. The first kappa shape index (κ1) is 18.3. The first-order valence-corrected chi connectivity index (χ1v) is 7.60. The summed E-state index contributed by atoms with van der Waals surface area (Å²) in [5, 5.41) is 4.22. The van der Waals surface area contributed by atoms with E-state index in [1.807, 2.05) is 0 Å². The van der Waals surface area contributed by atoms with Crippen molar-refractivity contribution in [3.63, 3.8) is 0 Å². The van der Waals surface area contributed by atoms with Crippen molar-refractivity contribution in [1.29, 1.82) is 0 Å². The maximum Gasteiger partial charge on any atom is 0.240 e. The lowest BCUT2D eigenvalue weighted by molar-refractivity contribution is -0.159. The van der Waals surface area contributed by atoms with E-state index in [0.29, 0.717) is 5.56 Å². The fourth-order valence-electron chi connectivity index (χ4n) is 3.16. The van der Waals surface area contributed by atoms with Gasteiger partial charge in [0.25, 0.3) is 0 Å². The maximum absolute atomic E-state index is 12.0. The van der Waals surface area contributed by atoms with Gasteiger partial charge in [0, 0.05) is 19.5 Å². The Labute approximate surface area is 144 Å². The van der Waals surface area contributed by atoms with Gasteiger partial charge in [0.1, 0.15) is 11.8 Å². The molecular weight excluding hydrogens is 326 g/mol. The van der Waals surface area contributed by atoms with Gasteiger partial charge in [0.05, 0.1) is 0 Å². The van der Waals surface area contributed by atoms with Crippen molar-refractivity contribution in [2.45, 2.75) is 12.3 Å². The topological polar surface area (TPSA) is 113 Å². The first-order chi connectivity index (χ1) is 11.7. The van der Waals surface area contributed by atoms with Gasteiger partial charge in [-0.1, -0.05) is 37.3 Å². The van der Waals surface area contributed by atoms with Gasteiger partial charge in [-0.15, -0.1) is 0 Å². The average molecular weight is 345 g/mol. The van der Waals surface area contributed by atoms with Gasteiger partial charge in [0.2, 0.25) is 30.0 Å². The quantitative estimate of drug-likeness (QED) is 0.414. The summed E-state index contributed by atoms with van der Waals surface area (Å²) < 4.78 is 0. The van der Waals surface area contributed by atoms with Crippen molar-refractivity contribution in [1.82, 2.24) is 15.5 Å². The van der Waals surface area contributed by atoms with Gasteiger partial charge < -0.3 is 4.90 Å². The molecule has 8 heteroatoms. The highest BCUT2D eigenvalue weighted by Crippen LogP contribution is 2.44. The minimum Gasteiger partial charge on any atom is -0.351 e. The van der Waals surface area contributed by atoms with Crippen molar-refractivity contribution in [3.05, 3.63) is 35.9 Å². The van der Waals surface area contributed by atoms with E-state index in [-0.39, 0.29) is 0 Å². The average Bonchev–Trinajstić information content (AvgIpc) is 2.54. The molecule has 1 aromatic carbocycles. The molecule has 0 spiro atoms. The van der Waals surface area contributed by atoms with Crippen LogP contribution in [0.2, 0.25) is 0 Å². The smallest absolute Gasteiger partial charge is 0.240 e. The van der Waals surface area contributed by atoms with Crippen LogP contribution < -0.4 is 10.6 Å². The Morgan fingerprint density at radius 3 is 1.56 bits per heavy atom. The fraction of sp³-hybridized carbons (Fsp3) is 0.353. The number of amides is 5. The number of imide groups is 2. The molecule has 0 aliphatic carbocycles. The van der Waals surface area contributed by atoms with Crippen molar-refractivity contribution in [2.75, 3.05) is 14.1 Å². The largest absolute Gasteiger partial charge is 0.351 e. The summed E-state index contributed by atoms with van der Waals surface area (Å²) >= 11 is 0. The molecule has 3 rings (SSSR count). The molecule has 25 heavy (non-hydrogen) atoms. The second-order valence-corrected chi connectivity index (χ2v) is 6.29. The molecule has 2 heterocycles. The molecule has 1 aromatic rings. The summed E-state index contributed by atoms with van der Waals surface area (Å²) in [6.45, 7) is 1.62. The van der Waals surface area contributed by atoms with Gasteiger partial charge in [0.15, 0.2) is 0 Å². The molecule has 2 fully saturated rings. The molecule has 0 radical (unpaired) electrons. The van der Waals surface area contributed by atoms with Crippen LogP contribution in [0, 0.1) is 11.8 Å². The Morgan fingerprint density at radius 2 is 1.24 bits per heavy atom. The van der Waals surface area contributed by atoms with Crippen LogP contribution in [0.3, 0.4) is 0 Å². The number of fused-ring (bicyclic) bond motifs is 2. The Balaban J connectivity index is 0.000000399. The monoisotopic (exact) mass is 345 g/mol. The van der Waals surface area contributed by atoms with Crippen LogP contribution in [0.15, 0.2) is 30.3 Å². The predicted molar refractivity (Wildman–Crippen MR) is 86.8 cm³/mol. The van der Waals surface area contributed by atoms with Crippen LogP contribution in [-0.2, 0) is 29.4 Å². The SMILES string of the molecule is CC1(c2ccccc2)C2C(=O)NC(=O)C1C(=O)NC2=O.CN(C)C=O. The van der Waals surface area contributed by atoms with Gasteiger partial charge in [-0.25, -0.2) is 0 Å². The number of hydrogen-bond acceptors (Lipinski definition) is 5. The Bertz CT molecular complexity index is 667. The number of carbonyl (C=O) groups is 5. The van der Waals surface area contributed by atoms with Crippen LogP contribution in [0.4, 0.5) is 0 Å². The second kappa shape index (κ2) is 6.84. The number of nitrogens with one attached hydrogen (secondary N) is 2. The number of benzene rings is 1. The molecule has 2 N–H and O–H groups in total. The zero-order chi connectivity index (χ0) is 18.8. The van der Waals surface area contributed by atoms with Gasteiger partial charge in [-0.3, -0.25) is 34.6 Å². The lowest BCUT2D eigenvalue weighted by atomic mass is 9.58. The van der Waals surface area contributed by atoms with E-state index in [0.717, 1.165) is 6.41 Å². The number of piperidine rings is 2. The molecule has 2 aliphatic heterocycles. The normalized spacial score (nSPS) is 27.5. The Kier molecular flexibility index (Phi) is 5.01. The lowest BCUT2D eigenvalue weighted by Crippen LogP contribution is -2.71. The van der Waals surface area contributed by atoms with E-state index >= 15 is 0 Å². The predicted octanol–water partition coefficient (Wildman–Crippen LogP) is -0.806. The second-order valence-electron chi connectivity index (χ2n) is 6.29. The van der Waals surface area contributed by atoms with Crippen molar-refractivity contribution in [3.8, 4) is 0 Å². The molecule has 0 atom stereocenters. The van der Waals surface area contributed by atoms with E-state index in [4.69, 9.17) is 0 Å². The summed E-state index contributed by atoms with van der Waals surface area (Å²) in [5.41, 5.74) is -0.526. The zero-order valence-electron chi connectivity index (χ0n) is 14.1. The van der Waals surface area contributed by atoms with Crippen molar-refractivity contribution >= 4 is 30.0 Å². The molecule has 2 saturated heterocycles. The summed E-state index contributed by atoms with van der Waals surface area (Å²) in [7, 11) is 3.38. The van der Waals surface area contributed by atoms with Crippen LogP contribution in [0.1, 0.15) is 12.5 Å². The van der Waals surface area contributed by atoms with Crippen LogP contribution in [0.25, 0.3) is 0 Å². The maximum atomic E-state index is 12.0. The van der Waals surface area contributed by atoms with E-state index in [2.05, 4.69) is 10.6 Å². The first-order valence-electron chi connectivity index (χ1n) is 7.60. The molecule has 2 aliphatic rings. The molecule has 132 valence electrons. The highest BCUT2D eigenvalue weighted by Gasteiger charge is 2.62. The molecule has 0 unspecified atom stereocenters. The molecule has 0 aromatic heterocycles. The minimum atomic E-state index is -1.15. The summed E-state index contributed by atoms with van der Waals surface area (Å²) in [6, 6.07) is 8.72. The van der Waals surface area contributed by atoms with E-state index in [9.17, 15) is 24.0 Å². The highest BCUT2D eigenvalue weighted by atomic mass is 16.2. The third-order valence-electron chi connectivity index (χ3n) is 4.35. The number of rotatable bonds is 2. The summed E-state index contributed by atoms with van der Waals surface area (Å²) in [5.74, 6) is -4.84. The third-order valence-corrected chi connectivity index (χ3v) is 4.35. The summed E-state index contributed by atoms with van der Waals surface area (Å²) in [4.78, 5) is 58.9. The van der Waals surface area contributed by atoms with Gasteiger partial charge >= 0.3 is 0 Å². The zero-order valence-corrected chi connectivity index (χ0v) is 14.1. The van der Waals surface area contributed by atoms with Gasteiger partial charge in [-0.05, 0) is 5.56 Å². The van der Waals surface area contributed by atoms with Gasteiger partial charge in [-0.2, -0.15) is 0 Å². The number of carbonyl (C=O) groups excluding carboxylic acids is 5. The molecular formula is C17H19N3O5. The molecule has 0 saturated carbocycles. The summed E-state index contributed by atoms with van der Waals surface area (Å²) in [6.07, 6.45) is 0.750. The van der Waals surface area contributed by atoms with Crippen molar-refractivity contribution in [2.24, 2.45) is 11.8 Å². The van der Waals surface area contributed by atoms with E-state index in [1.54, 1.807) is 51.4 Å². The number of hydrogen-bond donors (Lipinski definition) is 2. The van der Waals surface area contributed by atoms with Crippen LogP contribution in [-0.4, -0.2) is 49.0 Å². The molecule has 2 bridgehead atoms. The molecule has 8 nitrogen and oxygen atoms in total. The molecule has 5 amide bonds. The number of nitrogens with zero attached hydrogens (tertiary/aromatic N) is 1. The van der Waals surface area contributed by atoms with E-state index < -0.39 is 40.9 Å². The Hall–Kier alpha value is -3.03. The fourth-order valence-corrected chi connectivity index (χ4v) is 3.16. The Morgan fingerprint density at radius 1 is 0.880 bits per heavy atom. The third kappa shape index (κ3) is 3.15. The lowest BCUT2D eigenvalue weighted by Gasteiger charge is -2.47. The highest BCUT2D eigenvalue weighted by molar-refractivity contribution is 6.23. The van der Waals surface area contributed by atoms with Crippen molar-refractivity contribution < 1.29 is 24.0 Å².